The van der Waals surface area contributed by atoms with E-state index in [0.717, 1.165) is 16.5 Å². The molecule has 0 spiro atoms. The van der Waals surface area contributed by atoms with Crippen LogP contribution in [0.1, 0.15) is 11.1 Å². The van der Waals surface area contributed by atoms with Gasteiger partial charge in [0, 0.05) is 17.0 Å². The number of halogens is 1. The largest absolute Gasteiger partial charge is 0.488 e. The van der Waals surface area contributed by atoms with Crippen molar-refractivity contribution in [2.24, 2.45) is 0 Å². The van der Waals surface area contributed by atoms with Crippen molar-refractivity contribution in [1.29, 1.82) is 0 Å². The van der Waals surface area contributed by atoms with E-state index < -0.39 is 0 Å². The fraction of sp³-hybridized carbons (Fsp3) is 0.105. The summed E-state index contributed by atoms with van der Waals surface area (Å²) < 4.78 is 7.51. The first-order valence-corrected chi connectivity index (χ1v) is 7.68. The molecule has 2 aromatic carbocycles. The number of nitrogens with zero attached hydrogens (tertiary/aromatic N) is 1. The van der Waals surface area contributed by atoms with Gasteiger partial charge in [0.25, 0.3) is 5.56 Å². The maximum Gasteiger partial charge on any atom is 0.251 e. The second-order valence-corrected chi connectivity index (χ2v) is 5.69. The van der Waals surface area contributed by atoms with E-state index >= 15 is 0 Å². The Balaban J connectivity index is 1.98. The summed E-state index contributed by atoms with van der Waals surface area (Å²) in [5, 5.41) is 1.38. The van der Waals surface area contributed by atoms with Gasteiger partial charge in [-0.1, -0.05) is 41.6 Å². The molecular weight excluding hydrogens is 310 g/mol. The van der Waals surface area contributed by atoms with Crippen molar-refractivity contribution in [2.75, 3.05) is 6.61 Å². The number of pyridine rings is 1. The Labute approximate surface area is 138 Å². The Morgan fingerprint density at radius 2 is 1.91 bits per heavy atom. The van der Waals surface area contributed by atoms with E-state index in [2.05, 4.69) is 11.8 Å². The van der Waals surface area contributed by atoms with Crippen LogP contribution in [0.5, 0.6) is 5.75 Å². The summed E-state index contributed by atoms with van der Waals surface area (Å²) >= 11 is 6.38. The second kappa shape index (κ2) is 5.49. The zero-order chi connectivity index (χ0) is 15.8. The molecule has 0 saturated carbocycles. The number of hydrogen-bond donors (Lipinski definition) is 0. The van der Waals surface area contributed by atoms with Gasteiger partial charge < -0.3 is 9.30 Å². The van der Waals surface area contributed by atoms with Gasteiger partial charge in [0.1, 0.15) is 6.61 Å². The van der Waals surface area contributed by atoms with Crippen LogP contribution in [0.3, 0.4) is 0 Å². The summed E-state index contributed by atoms with van der Waals surface area (Å²) in [6.45, 7) is 0.975. The molecule has 112 valence electrons. The number of hydrogen-bond acceptors (Lipinski definition) is 2. The van der Waals surface area contributed by atoms with Crippen LogP contribution in [0.4, 0.5) is 0 Å². The lowest BCUT2D eigenvalue weighted by Crippen LogP contribution is -2.26. The number of rotatable bonds is 0. The van der Waals surface area contributed by atoms with Gasteiger partial charge in [0.05, 0.1) is 22.6 Å². The van der Waals surface area contributed by atoms with Gasteiger partial charge in [0.2, 0.25) is 0 Å². The second-order valence-electron chi connectivity index (χ2n) is 5.29. The van der Waals surface area contributed by atoms with Crippen molar-refractivity contribution in [3.63, 3.8) is 0 Å². The first-order chi connectivity index (χ1) is 11.2. The van der Waals surface area contributed by atoms with Crippen LogP contribution in [-0.2, 0) is 6.54 Å². The predicted molar refractivity (Wildman–Crippen MR) is 91.1 cm³/mol. The third-order valence-corrected chi connectivity index (χ3v) is 4.16. The fourth-order valence-corrected chi connectivity index (χ4v) is 3.04. The van der Waals surface area contributed by atoms with Crippen LogP contribution >= 0.6 is 11.6 Å². The lowest BCUT2D eigenvalue weighted by atomic mass is 10.1. The smallest absolute Gasteiger partial charge is 0.251 e. The summed E-state index contributed by atoms with van der Waals surface area (Å²) in [4.78, 5) is 12.1. The predicted octanol–water partition coefficient (Wildman–Crippen LogP) is 3.45. The summed E-state index contributed by atoms with van der Waals surface area (Å²) in [6.07, 6.45) is 0. The molecule has 3 aromatic rings. The highest BCUT2D eigenvalue weighted by Crippen LogP contribution is 2.35. The molecule has 2 heterocycles. The molecule has 3 nitrogen and oxygen atoms in total. The number of ether oxygens (including phenoxy) is 1. The zero-order valence-corrected chi connectivity index (χ0v) is 12.9. The Morgan fingerprint density at radius 3 is 2.74 bits per heavy atom. The minimum atomic E-state index is -0.0497. The molecule has 0 amide bonds. The molecule has 1 aliphatic heterocycles. The van der Waals surface area contributed by atoms with Gasteiger partial charge in [-0.15, -0.1) is 0 Å². The molecule has 1 aromatic heterocycles. The van der Waals surface area contributed by atoms with Crippen molar-refractivity contribution >= 4 is 22.5 Å². The van der Waals surface area contributed by atoms with Crippen LogP contribution in [0, 0.1) is 11.8 Å². The third-order valence-electron chi connectivity index (χ3n) is 3.85. The molecule has 4 heteroatoms. The Morgan fingerprint density at radius 1 is 1.09 bits per heavy atom. The molecule has 0 aliphatic carbocycles. The molecule has 0 bridgehead atoms. The van der Waals surface area contributed by atoms with Gasteiger partial charge in [-0.05, 0) is 24.3 Å². The lowest BCUT2D eigenvalue weighted by molar-refractivity contribution is 0.283. The van der Waals surface area contributed by atoms with Crippen molar-refractivity contribution < 1.29 is 4.74 Å². The van der Waals surface area contributed by atoms with Crippen molar-refractivity contribution in [2.45, 2.75) is 6.54 Å². The summed E-state index contributed by atoms with van der Waals surface area (Å²) in [5.41, 5.74) is 2.29. The van der Waals surface area contributed by atoms with Crippen molar-refractivity contribution in [3.05, 3.63) is 75.0 Å². The maximum atomic E-state index is 12.1. The first kappa shape index (κ1) is 13.9. The molecule has 0 radical (unpaired) electrons. The average molecular weight is 322 g/mol. The highest BCUT2D eigenvalue weighted by molar-refractivity contribution is 6.35. The summed E-state index contributed by atoms with van der Waals surface area (Å²) in [5.74, 6) is 6.86. The van der Waals surface area contributed by atoms with Gasteiger partial charge in [-0.3, -0.25) is 4.79 Å². The van der Waals surface area contributed by atoms with Crippen molar-refractivity contribution in [3.8, 4) is 17.6 Å². The molecule has 0 atom stereocenters. The summed E-state index contributed by atoms with van der Waals surface area (Å²) in [7, 11) is 0. The lowest BCUT2D eigenvalue weighted by Gasteiger charge is -2.21. The molecule has 0 N–H and O–H groups in total. The van der Waals surface area contributed by atoms with Crippen molar-refractivity contribution in [1.82, 2.24) is 4.57 Å². The molecule has 23 heavy (non-hydrogen) atoms. The SMILES string of the molecule is O=c1ccc2c(Cl)cc(C#Cc3ccccc3)c3c2n1CCO3. The Kier molecular flexibility index (Phi) is 3.33. The molecule has 4 rings (SSSR count). The highest BCUT2D eigenvalue weighted by Gasteiger charge is 2.19. The Bertz CT molecular complexity index is 1030. The average Bonchev–Trinajstić information content (AvgIpc) is 2.59. The van der Waals surface area contributed by atoms with Gasteiger partial charge >= 0.3 is 0 Å². The number of benzene rings is 2. The van der Waals surface area contributed by atoms with Gasteiger partial charge in [-0.2, -0.15) is 0 Å². The van der Waals surface area contributed by atoms with E-state index in [-0.39, 0.29) is 5.56 Å². The van der Waals surface area contributed by atoms with E-state index in [9.17, 15) is 4.79 Å². The molecular formula is C19H12ClNO2. The molecule has 0 unspecified atom stereocenters. The number of aromatic nitrogens is 1. The first-order valence-electron chi connectivity index (χ1n) is 7.30. The molecule has 0 fully saturated rings. The highest BCUT2D eigenvalue weighted by atomic mass is 35.5. The molecule has 0 saturated heterocycles. The zero-order valence-electron chi connectivity index (χ0n) is 12.2. The van der Waals surface area contributed by atoms with E-state index in [1.54, 1.807) is 22.8 Å². The van der Waals surface area contributed by atoms with Crippen LogP contribution < -0.4 is 10.3 Å². The third kappa shape index (κ3) is 2.38. The van der Waals surface area contributed by atoms with E-state index in [4.69, 9.17) is 16.3 Å². The fourth-order valence-electron chi connectivity index (χ4n) is 2.78. The normalized spacial score (nSPS) is 12.4. The van der Waals surface area contributed by atoms with Crippen LogP contribution in [-0.4, -0.2) is 11.2 Å². The minimum Gasteiger partial charge on any atom is -0.488 e. The summed E-state index contributed by atoms with van der Waals surface area (Å²) in [6, 6.07) is 14.8. The monoisotopic (exact) mass is 321 g/mol. The Hall–Kier alpha value is -2.70. The standard InChI is InChI=1S/C19H12ClNO2/c20-16-12-14(7-6-13-4-2-1-3-5-13)19-18-15(16)8-9-17(22)21(18)10-11-23-19/h1-5,8-9,12H,10-11H2. The van der Waals surface area contributed by atoms with E-state index in [1.807, 2.05) is 30.3 Å². The van der Waals surface area contributed by atoms with Crippen LogP contribution in [0.15, 0.2) is 53.3 Å². The topological polar surface area (TPSA) is 31.2 Å². The van der Waals surface area contributed by atoms with E-state index in [1.165, 1.54) is 0 Å². The quantitative estimate of drug-likeness (QED) is 0.594. The van der Waals surface area contributed by atoms with Gasteiger partial charge in [-0.25, -0.2) is 0 Å². The van der Waals surface area contributed by atoms with E-state index in [0.29, 0.717) is 29.5 Å². The van der Waals surface area contributed by atoms with Gasteiger partial charge in [0.15, 0.2) is 5.75 Å². The van der Waals surface area contributed by atoms with Crippen LogP contribution in [0.25, 0.3) is 10.9 Å². The maximum absolute atomic E-state index is 12.1. The molecule has 1 aliphatic rings. The van der Waals surface area contributed by atoms with Crippen LogP contribution in [0.2, 0.25) is 5.02 Å². The minimum absolute atomic E-state index is 0.0497.